The molecular weight excluding hydrogens is 602 g/mol. The summed E-state index contributed by atoms with van der Waals surface area (Å²) in [5.41, 5.74) is -0.813. The molecule has 1 amide bonds. The summed E-state index contributed by atoms with van der Waals surface area (Å²) in [5, 5.41) is 7.82. The van der Waals surface area contributed by atoms with Crippen LogP contribution in [0.15, 0.2) is 12.7 Å². The second-order valence-electron chi connectivity index (χ2n) is 5.88. The number of hydrogen-bond donors (Lipinski definition) is 1. The van der Waals surface area contributed by atoms with Crippen LogP contribution in [0.3, 0.4) is 0 Å². The first-order valence-electron chi connectivity index (χ1n) is 7.54. The van der Waals surface area contributed by atoms with Crippen LogP contribution in [-0.4, -0.2) is 63.2 Å². The third-order valence-corrected chi connectivity index (χ3v) is 4.71. The zero-order valence-electron chi connectivity index (χ0n) is 14.7. The molecule has 1 aromatic heterocycles. The number of amides is 1. The number of carbonyl (C=O) groups is 1. The fraction of sp³-hybridized carbons (Fsp3) is 0.615. The van der Waals surface area contributed by atoms with Crippen molar-refractivity contribution in [1.29, 1.82) is 0 Å². The number of rotatable bonds is 9. The number of carbonyl (C=O) groups excluding carboxylic acids is 1. The number of nitrogens with zero attached hydrogens (tertiary/aromatic N) is 3. The van der Waals surface area contributed by atoms with E-state index in [1.54, 1.807) is 0 Å². The summed E-state index contributed by atoms with van der Waals surface area (Å²) in [6.07, 6.45) is -6.34. The maximum Gasteiger partial charge on any atom is 0.460 e. The lowest BCUT2D eigenvalue weighted by Gasteiger charge is -2.39. The molecule has 19 heteroatoms. The molecule has 1 N–H and O–H groups in total. The second kappa shape index (κ2) is 8.50. The zero-order valence-corrected chi connectivity index (χ0v) is 16.9. The van der Waals surface area contributed by atoms with Crippen LogP contribution < -0.4 is 5.32 Å². The van der Waals surface area contributed by atoms with E-state index in [2.05, 4.69) is 16.9 Å². The van der Waals surface area contributed by atoms with Gasteiger partial charge in [-0.15, -0.1) is 11.7 Å². The number of halogens is 14. The molecule has 1 heterocycles. The molecule has 0 fully saturated rings. The first kappa shape index (κ1) is 28.2. The van der Waals surface area contributed by atoms with E-state index in [0.717, 1.165) is 28.7 Å². The first-order chi connectivity index (χ1) is 14.1. The monoisotopic (exact) mass is 610 g/mol. The molecule has 0 aromatic carbocycles. The highest BCUT2D eigenvalue weighted by Crippen LogP contribution is 2.60. The van der Waals surface area contributed by atoms with E-state index in [1.807, 2.05) is 5.32 Å². The molecule has 0 saturated carbocycles. The van der Waals surface area contributed by atoms with Gasteiger partial charge in [-0.25, -0.2) is 4.68 Å². The normalized spacial score (nSPS) is 14.4. The van der Waals surface area contributed by atoms with Crippen LogP contribution in [0.2, 0.25) is 0 Å². The van der Waals surface area contributed by atoms with E-state index in [4.69, 9.17) is 0 Å². The summed E-state index contributed by atoms with van der Waals surface area (Å²) >= 11 is 1.00. The standard InChI is InChI=1S/C13H8F13IN4O/c1-2-3-28-7(32)5-6(27)31(30-29-5)4-8(14,15)9(16,17)10(18,19)11(20,21)12(22,23)13(24,25)26/h2H,1,3-4H2,(H,28,32). The van der Waals surface area contributed by atoms with E-state index >= 15 is 0 Å². The fourth-order valence-electron chi connectivity index (χ4n) is 1.88. The van der Waals surface area contributed by atoms with Gasteiger partial charge < -0.3 is 5.32 Å². The number of hydrogen-bond acceptors (Lipinski definition) is 3. The van der Waals surface area contributed by atoms with E-state index in [0.29, 0.717) is 0 Å². The van der Waals surface area contributed by atoms with Gasteiger partial charge >= 0.3 is 35.8 Å². The van der Waals surface area contributed by atoms with Crippen molar-refractivity contribution < 1.29 is 61.9 Å². The minimum Gasteiger partial charge on any atom is -0.347 e. The lowest BCUT2D eigenvalue weighted by atomic mass is 9.94. The molecule has 1 rings (SSSR count). The van der Waals surface area contributed by atoms with Crippen LogP contribution in [0.25, 0.3) is 0 Å². The highest BCUT2D eigenvalue weighted by atomic mass is 127. The Labute approximate surface area is 182 Å². The third kappa shape index (κ3) is 4.35. The molecule has 1 aromatic rings. The van der Waals surface area contributed by atoms with E-state index < -0.39 is 57.6 Å². The minimum absolute atomic E-state index is 0.204. The largest absolute Gasteiger partial charge is 0.460 e. The topological polar surface area (TPSA) is 59.8 Å². The van der Waals surface area contributed by atoms with E-state index in [1.165, 1.54) is 0 Å². The minimum atomic E-state index is -7.99. The van der Waals surface area contributed by atoms with Crippen LogP contribution in [0.4, 0.5) is 57.1 Å². The molecule has 5 nitrogen and oxygen atoms in total. The third-order valence-electron chi connectivity index (χ3n) is 3.64. The second-order valence-corrected chi connectivity index (χ2v) is 6.91. The molecule has 184 valence electrons. The quantitative estimate of drug-likeness (QED) is 0.254. The Bertz CT molecular complexity index is 864. The first-order valence-corrected chi connectivity index (χ1v) is 8.62. The van der Waals surface area contributed by atoms with Crippen molar-refractivity contribution in [2.75, 3.05) is 6.54 Å². The van der Waals surface area contributed by atoms with Gasteiger partial charge in [-0.1, -0.05) is 11.3 Å². The molecule has 0 atom stereocenters. The summed E-state index contributed by atoms with van der Waals surface area (Å²) in [5.74, 6) is -38.7. The molecule has 0 radical (unpaired) electrons. The molecule has 0 unspecified atom stereocenters. The highest BCUT2D eigenvalue weighted by molar-refractivity contribution is 14.1. The lowest BCUT2D eigenvalue weighted by molar-refractivity contribution is -0.440. The smallest absolute Gasteiger partial charge is 0.347 e. The predicted molar refractivity (Wildman–Crippen MR) is 86.1 cm³/mol. The van der Waals surface area contributed by atoms with Crippen molar-refractivity contribution in [1.82, 2.24) is 20.3 Å². The molecule has 0 aliphatic heterocycles. The zero-order chi connectivity index (χ0) is 25.6. The predicted octanol–water partition coefficient (Wildman–Crippen LogP) is 4.54. The summed E-state index contributed by atoms with van der Waals surface area (Å²) < 4.78 is 169. The van der Waals surface area contributed by atoms with Gasteiger partial charge in [-0.3, -0.25) is 4.79 Å². The summed E-state index contributed by atoms with van der Waals surface area (Å²) in [6, 6.07) is 0. The molecule has 32 heavy (non-hydrogen) atoms. The Hall–Kier alpha value is -1.83. The molecule has 0 spiro atoms. The van der Waals surface area contributed by atoms with E-state index in [9.17, 15) is 61.9 Å². The average Bonchev–Trinajstić information content (AvgIpc) is 2.98. The van der Waals surface area contributed by atoms with Gasteiger partial charge in [-0.2, -0.15) is 57.1 Å². The van der Waals surface area contributed by atoms with Crippen molar-refractivity contribution in [3.05, 3.63) is 22.0 Å². The van der Waals surface area contributed by atoms with Crippen molar-refractivity contribution in [3.8, 4) is 0 Å². The van der Waals surface area contributed by atoms with E-state index in [-0.39, 0.29) is 11.2 Å². The van der Waals surface area contributed by atoms with Crippen molar-refractivity contribution in [2.45, 2.75) is 42.3 Å². The van der Waals surface area contributed by atoms with Crippen molar-refractivity contribution in [3.63, 3.8) is 0 Å². The van der Waals surface area contributed by atoms with Gasteiger partial charge in [0.2, 0.25) is 0 Å². The Balaban J connectivity index is 3.37. The van der Waals surface area contributed by atoms with Crippen LogP contribution in [0.1, 0.15) is 10.5 Å². The van der Waals surface area contributed by atoms with Gasteiger partial charge in [0.25, 0.3) is 5.91 Å². The Morgan fingerprint density at radius 2 is 1.38 bits per heavy atom. The Morgan fingerprint density at radius 1 is 0.906 bits per heavy atom. The number of nitrogens with one attached hydrogen (secondary N) is 1. The van der Waals surface area contributed by atoms with Crippen LogP contribution in [0, 0.1) is 3.70 Å². The van der Waals surface area contributed by atoms with Gasteiger partial charge in [0, 0.05) is 6.54 Å². The average molecular weight is 610 g/mol. The van der Waals surface area contributed by atoms with Crippen LogP contribution in [-0.2, 0) is 6.54 Å². The Kier molecular flexibility index (Phi) is 7.50. The van der Waals surface area contributed by atoms with Gasteiger partial charge in [0.1, 0.15) is 10.2 Å². The molecule has 0 saturated heterocycles. The maximum atomic E-state index is 13.9. The lowest BCUT2D eigenvalue weighted by Crippen LogP contribution is -2.70. The SMILES string of the molecule is C=CCNC(=O)c1nnn(CC(F)(F)C(F)(F)C(F)(F)C(F)(F)C(F)(F)C(F)(F)F)c1I. The highest BCUT2D eigenvalue weighted by Gasteiger charge is 2.90. The summed E-state index contributed by atoms with van der Waals surface area (Å²) in [7, 11) is 0. The van der Waals surface area contributed by atoms with Crippen molar-refractivity contribution in [2.24, 2.45) is 0 Å². The van der Waals surface area contributed by atoms with Gasteiger partial charge in [0.15, 0.2) is 5.69 Å². The molecule has 0 aliphatic rings. The fourth-order valence-corrected chi connectivity index (χ4v) is 2.50. The summed E-state index contributed by atoms with van der Waals surface area (Å²) in [4.78, 5) is 11.7. The Morgan fingerprint density at radius 3 is 1.81 bits per heavy atom. The molecular formula is C13H8F13IN4O. The maximum absolute atomic E-state index is 13.9. The van der Waals surface area contributed by atoms with Gasteiger partial charge in [-0.05, 0) is 22.6 Å². The summed E-state index contributed by atoms with van der Waals surface area (Å²) in [6.45, 7) is 0.258. The van der Waals surface area contributed by atoms with Gasteiger partial charge in [0.05, 0.1) is 0 Å². The van der Waals surface area contributed by atoms with Crippen LogP contribution >= 0.6 is 22.6 Å². The van der Waals surface area contributed by atoms with Crippen LogP contribution in [0.5, 0.6) is 0 Å². The van der Waals surface area contributed by atoms with Crippen molar-refractivity contribution >= 4 is 28.5 Å². The number of aromatic nitrogens is 3. The molecule has 0 aliphatic carbocycles. The molecule has 0 bridgehead atoms. The number of alkyl halides is 13.